The molecule has 0 aromatic rings. The van der Waals surface area contributed by atoms with Crippen LogP contribution in [0.4, 0.5) is 0 Å². The largest absolute Gasteiger partial charge is 0.290 e. The van der Waals surface area contributed by atoms with Gasteiger partial charge in [-0.3, -0.25) is 4.90 Å². The van der Waals surface area contributed by atoms with Crippen LogP contribution < -0.4 is 0 Å². The van der Waals surface area contributed by atoms with E-state index in [-0.39, 0.29) is 20.7 Å². The van der Waals surface area contributed by atoms with E-state index in [1.807, 2.05) is 4.90 Å². The molecule has 1 rings (SSSR count). The number of sulfone groups is 1. The minimum atomic E-state index is -2.78. The van der Waals surface area contributed by atoms with Crippen LogP contribution in [-0.2, 0) is 9.84 Å². The van der Waals surface area contributed by atoms with Gasteiger partial charge in [0.1, 0.15) is 5.88 Å². The number of hydrogen-bond acceptors (Lipinski definition) is 3. The normalized spacial score (nSPS) is 18.1. The fourth-order valence-electron chi connectivity index (χ4n) is 1.24. The van der Waals surface area contributed by atoms with Gasteiger partial charge in [0.15, 0.2) is 9.84 Å². The number of hydrogen-bond donors (Lipinski definition) is 0. The van der Waals surface area contributed by atoms with E-state index in [0.29, 0.717) is 0 Å². The SMILES string of the molecule is C.C.CS(=O)(=O)CN1CCCC1. The summed E-state index contributed by atoms with van der Waals surface area (Å²) in [6, 6.07) is 0. The van der Waals surface area contributed by atoms with Gasteiger partial charge in [-0.25, -0.2) is 8.42 Å². The zero-order chi connectivity index (χ0) is 7.61. The molecule has 1 aliphatic heterocycles. The lowest BCUT2D eigenvalue weighted by Gasteiger charge is -2.11. The molecule has 1 fully saturated rings. The van der Waals surface area contributed by atoms with E-state index in [1.165, 1.54) is 6.26 Å². The maximum absolute atomic E-state index is 10.7. The van der Waals surface area contributed by atoms with Crippen LogP contribution in [0.3, 0.4) is 0 Å². The summed E-state index contributed by atoms with van der Waals surface area (Å²) in [7, 11) is -2.78. The molecule has 0 N–H and O–H groups in total. The van der Waals surface area contributed by atoms with Gasteiger partial charge in [0.05, 0.1) is 0 Å². The third-order valence-corrected chi connectivity index (χ3v) is 2.45. The highest BCUT2D eigenvalue weighted by Gasteiger charge is 2.15. The topological polar surface area (TPSA) is 37.4 Å². The molecule has 76 valence electrons. The van der Waals surface area contributed by atoms with Gasteiger partial charge in [-0.15, -0.1) is 0 Å². The van der Waals surface area contributed by atoms with Crippen LogP contribution in [-0.4, -0.2) is 38.5 Å². The van der Waals surface area contributed by atoms with Crippen LogP contribution in [0, 0.1) is 0 Å². The summed E-state index contributed by atoms with van der Waals surface area (Å²) in [5.41, 5.74) is 0. The first-order valence-electron chi connectivity index (χ1n) is 3.48. The molecule has 3 nitrogen and oxygen atoms in total. The van der Waals surface area contributed by atoms with Crippen LogP contribution in [0.15, 0.2) is 0 Å². The smallest absolute Gasteiger partial charge is 0.160 e. The molecule has 0 saturated carbocycles. The van der Waals surface area contributed by atoms with E-state index in [1.54, 1.807) is 0 Å². The van der Waals surface area contributed by atoms with Crippen LogP contribution in [0.25, 0.3) is 0 Å². The fraction of sp³-hybridized carbons (Fsp3) is 1.00. The first-order valence-corrected chi connectivity index (χ1v) is 5.54. The van der Waals surface area contributed by atoms with Crippen molar-refractivity contribution in [1.82, 2.24) is 4.90 Å². The molecule has 0 unspecified atom stereocenters. The molecule has 0 bridgehead atoms. The van der Waals surface area contributed by atoms with E-state index in [4.69, 9.17) is 0 Å². The van der Waals surface area contributed by atoms with Gasteiger partial charge in [-0.2, -0.15) is 0 Å². The van der Waals surface area contributed by atoms with Gasteiger partial charge >= 0.3 is 0 Å². The van der Waals surface area contributed by atoms with Crippen molar-refractivity contribution in [2.75, 3.05) is 25.2 Å². The van der Waals surface area contributed by atoms with Crippen LogP contribution >= 0.6 is 0 Å². The van der Waals surface area contributed by atoms with Crippen molar-refractivity contribution in [1.29, 1.82) is 0 Å². The highest BCUT2D eigenvalue weighted by atomic mass is 32.2. The summed E-state index contributed by atoms with van der Waals surface area (Å²) in [5.74, 6) is 0.243. The van der Waals surface area contributed by atoms with Gasteiger partial charge in [0.25, 0.3) is 0 Å². The molecule has 1 saturated heterocycles. The summed E-state index contributed by atoms with van der Waals surface area (Å²) in [6.07, 6.45) is 3.58. The summed E-state index contributed by atoms with van der Waals surface area (Å²) >= 11 is 0. The molecule has 1 aliphatic rings. The summed E-state index contributed by atoms with van der Waals surface area (Å²) in [6.45, 7) is 1.90. The van der Waals surface area contributed by atoms with Gasteiger partial charge < -0.3 is 0 Å². The Hall–Kier alpha value is -0.0900. The number of nitrogens with zero attached hydrogens (tertiary/aromatic N) is 1. The monoisotopic (exact) mass is 195 g/mol. The molecule has 0 aromatic heterocycles. The molecule has 12 heavy (non-hydrogen) atoms. The lowest BCUT2D eigenvalue weighted by molar-refractivity contribution is 0.389. The highest BCUT2D eigenvalue weighted by molar-refractivity contribution is 7.90. The molecule has 0 aromatic carbocycles. The molecule has 0 spiro atoms. The second-order valence-electron chi connectivity index (χ2n) is 2.88. The van der Waals surface area contributed by atoms with Gasteiger partial charge in [0, 0.05) is 6.26 Å². The van der Waals surface area contributed by atoms with Crippen LogP contribution in [0.5, 0.6) is 0 Å². The van der Waals surface area contributed by atoms with E-state index in [2.05, 4.69) is 0 Å². The minimum absolute atomic E-state index is 0. The molecule has 4 heteroatoms. The molecular weight excluding hydrogens is 174 g/mol. The van der Waals surface area contributed by atoms with Crippen molar-refractivity contribution in [3.63, 3.8) is 0 Å². The Labute approximate surface area is 76.7 Å². The first kappa shape index (κ1) is 14.4. The minimum Gasteiger partial charge on any atom is -0.290 e. The Balaban J connectivity index is 0. The Bertz CT molecular complexity index is 193. The Morgan fingerprint density at radius 2 is 1.58 bits per heavy atom. The Morgan fingerprint density at radius 3 is 1.92 bits per heavy atom. The highest BCUT2D eigenvalue weighted by Crippen LogP contribution is 2.07. The van der Waals surface area contributed by atoms with Crippen molar-refractivity contribution in [2.45, 2.75) is 27.7 Å². The van der Waals surface area contributed by atoms with Crippen molar-refractivity contribution in [3.05, 3.63) is 0 Å². The maximum Gasteiger partial charge on any atom is 0.160 e. The summed E-state index contributed by atoms with van der Waals surface area (Å²) in [4.78, 5) is 1.98. The molecule has 0 amide bonds. The van der Waals surface area contributed by atoms with Crippen LogP contribution in [0.1, 0.15) is 27.7 Å². The van der Waals surface area contributed by atoms with Crippen molar-refractivity contribution in [3.8, 4) is 0 Å². The maximum atomic E-state index is 10.7. The van der Waals surface area contributed by atoms with Crippen molar-refractivity contribution in [2.24, 2.45) is 0 Å². The van der Waals surface area contributed by atoms with Crippen molar-refractivity contribution >= 4 is 9.84 Å². The van der Waals surface area contributed by atoms with E-state index in [9.17, 15) is 8.42 Å². The van der Waals surface area contributed by atoms with Gasteiger partial charge in [-0.1, -0.05) is 14.9 Å². The van der Waals surface area contributed by atoms with E-state index in [0.717, 1.165) is 25.9 Å². The molecule has 0 atom stereocenters. The predicted octanol–water partition coefficient (Wildman–Crippen LogP) is 1.36. The third kappa shape index (κ3) is 5.55. The zero-order valence-electron chi connectivity index (χ0n) is 6.21. The van der Waals surface area contributed by atoms with Crippen molar-refractivity contribution < 1.29 is 8.42 Å². The Kier molecular flexibility index (Phi) is 6.66. The van der Waals surface area contributed by atoms with E-state index >= 15 is 0 Å². The molecular formula is C8H21NO2S. The fourth-order valence-corrected chi connectivity index (χ4v) is 2.16. The number of likely N-dealkylation sites (tertiary alicyclic amines) is 1. The molecule has 1 heterocycles. The number of rotatable bonds is 2. The summed E-state index contributed by atoms with van der Waals surface area (Å²) < 4.78 is 21.5. The quantitative estimate of drug-likeness (QED) is 0.667. The Morgan fingerprint density at radius 1 is 1.17 bits per heavy atom. The molecule has 0 radical (unpaired) electrons. The zero-order valence-corrected chi connectivity index (χ0v) is 7.02. The van der Waals surface area contributed by atoms with E-state index < -0.39 is 9.84 Å². The predicted molar refractivity (Wildman–Crippen MR) is 54.0 cm³/mol. The average Bonchev–Trinajstić information content (AvgIpc) is 2.12. The summed E-state index contributed by atoms with van der Waals surface area (Å²) in [5, 5.41) is 0. The first-order chi connectivity index (χ1) is 4.58. The second kappa shape index (κ2) is 5.54. The van der Waals surface area contributed by atoms with Crippen LogP contribution in [0.2, 0.25) is 0 Å². The van der Waals surface area contributed by atoms with Gasteiger partial charge in [0.2, 0.25) is 0 Å². The lowest BCUT2D eigenvalue weighted by atomic mass is 10.4. The van der Waals surface area contributed by atoms with Gasteiger partial charge in [-0.05, 0) is 25.9 Å². The second-order valence-corrected chi connectivity index (χ2v) is 4.99. The standard InChI is InChI=1S/C6H13NO2S.2CH4/c1-10(8,9)6-7-4-2-3-5-7;;/h2-6H2,1H3;2*1H4. The average molecular weight is 195 g/mol. The lowest BCUT2D eigenvalue weighted by Crippen LogP contribution is -2.25. The third-order valence-electron chi connectivity index (χ3n) is 1.62. The molecule has 0 aliphatic carbocycles.